The average Bonchev–Trinajstić information content (AvgIpc) is 2.34. The molecule has 0 fully saturated rings. The van der Waals surface area contributed by atoms with Crippen LogP contribution in [0.5, 0.6) is 5.75 Å². The first-order chi connectivity index (χ1) is 9.02. The second-order valence-corrected chi connectivity index (χ2v) is 5.53. The van der Waals surface area contributed by atoms with Gasteiger partial charge >= 0.3 is 5.97 Å². The quantitative estimate of drug-likeness (QED) is 0.720. The lowest BCUT2D eigenvalue weighted by molar-refractivity contribution is -0.137. The molecular formula is C14H20BrNO3. The van der Waals surface area contributed by atoms with E-state index in [1.54, 1.807) is 7.11 Å². The summed E-state index contributed by atoms with van der Waals surface area (Å²) in [5.41, 5.74) is 1.13. The van der Waals surface area contributed by atoms with Crippen LogP contribution >= 0.6 is 15.9 Å². The van der Waals surface area contributed by atoms with E-state index in [0.29, 0.717) is 6.54 Å². The SMILES string of the molecule is COc1ccc(Br)cc1CCNCC(C)CC(=O)O. The number of halogens is 1. The molecule has 2 N–H and O–H groups in total. The Balaban J connectivity index is 2.37. The number of carbonyl (C=O) groups is 1. The Morgan fingerprint density at radius 3 is 2.89 bits per heavy atom. The molecule has 0 saturated heterocycles. The molecule has 0 aliphatic rings. The summed E-state index contributed by atoms with van der Waals surface area (Å²) in [7, 11) is 1.66. The summed E-state index contributed by atoms with van der Waals surface area (Å²) in [6.45, 7) is 3.44. The maximum atomic E-state index is 10.5. The van der Waals surface area contributed by atoms with E-state index in [-0.39, 0.29) is 12.3 Å². The number of hydrogen-bond donors (Lipinski definition) is 2. The zero-order valence-electron chi connectivity index (χ0n) is 11.3. The summed E-state index contributed by atoms with van der Waals surface area (Å²) in [4.78, 5) is 10.5. The van der Waals surface area contributed by atoms with Crippen LogP contribution in [0.15, 0.2) is 22.7 Å². The molecule has 106 valence electrons. The van der Waals surface area contributed by atoms with Gasteiger partial charge in [0.05, 0.1) is 7.11 Å². The van der Waals surface area contributed by atoms with E-state index in [1.165, 1.54) is 0 Å². The smallest absolute Gasteiger partial charge is 0.303 e. The second-order valence-electron chi connectivity index (χ2n) is 4.61. The van der Waals surface area contributed by atoms with Gasteiger partial charge in [0.15, 0.2) is 0 Å². The van der Waals surface area contributed by atoms with Gasteiger partial charge in [0, 0.05) is 10.9 Å². The third-order valence-electron chi connectivity index (χ3n) is 2.83. The molecule has 0 amide bonds. The average molecular weight is 330 g/mol. The highest BCUT2D eigenvalue weighted by atomic mass is 79.9. The number of rotatable bonds is 8. The molecule has 19 heavy (non-hydrogen) atoms. The van der Waals surface area contributed by atoms with E-state index in [4.69, 9.17) is 9.84 Å². The van der Waals surface area contributed by atoms with Gasteiger partial charge in [0.1, 0.15) is 5.75 Å². The van der Waals surface area contributed by atoms with Crippen molar-refractivity contribution in [3.63, 3.8) is 0 Å². The van der Waals surface area contributed by atoms with Crippen LogP contribution in [0.4, 0.5) is 0 Å². The molecule has 0 radical (unpaired) electrons. The van der Waals surface area contributed by atoms with Gasteiger partial charge in [-0.3, -0.25) is 4.79 Å². The highest BCUT2D eigenvalue weighted by Gasteiger charge is 2.07. The van der Waals surface area contributed by atoms with Crippen LogP contribution in [0.2, 0.25) is 0 Å². The topological polar surface area (TPSA) is 58.6 Å². The number of carboxylic acid groups (broad SMARTS) is 1. The standard InChI is InChI=1S/C14H20BrNO3/c1-10(7-14(17)18)9-16-6-5-11-8-12(15)3-4-13(11)19-2/h3-4,8,10,16H,5-7,9H2,1-2H3,(H,17,18). The zero-order chi connectivity index (χ0) is 14.3. The predicted octanol–water partition coefficient (Wildman–Crippen LogP) is 2.70. The van der Waals surface area contributed by atoms with E-state index in [1.807, 2.05) is 25.1 Å². The van der Waals surface area contributed by atoms with Gasteiger partial charge in [-0.15, -0.1) is 0 Å². The van der Waals surface area contributed by atoms with Gasteiger partial charge in [-0.1, -0.05) is 22.9 Å². The van der Waals surface area contributed by atoms with Gasteiger partial charge in [-0.05, 0) is 49.2 Å². The molecule has 1 rings (SSSR count). The van der Waals surface area contributed by atoms with E-state index in [9.17, 15) is 4.79 Å². The Morgan fingerprint density at radius 2 is 2.26 bits per heavy atom. The van der Waals surface area contributed by atoms with Crippen LogP contribution in [-0.2, 0) is 11.2 Å². The maximum Gasteiger partial charge on any atom is 0.303 e. The van der Waals surface area contributed by atoms with Gasteiger partial charge in [-0.2, -0.15) is 0 Å². The van der Waals surface area contributed by atoms with Crippen molar-refractivity contribution in [3.8, 4) is 5.75 Å². The predicted molar refractivity (Wildman–Crippen MR) is 78.7 cm³/mol. The molecule has 0 bridgehead atoms. The Kier molecular flexibility index (Phi) is 6.87. The van der Waals surface area contributed by atoms with Gasteiger partial charge in [0.2, 0.25) is 0 Å². The first-order valence-corrected chi connectivity index (χ1v) is 7.07. The highest BCUT2D eigenvalue weighted by Crippen LogP contribution is 2.23. The number of aliphatic carboxylic acids is 1. The molecule has 0 aromatic heterocycles. The largest absolute Gasteiger partial charge is 0.496 e. The van der Waals surface area contributed by atoms with Crippen molar-refractivity contribution in [3.05, 3.63) is 28.2 Å². The van der Waals surface area contributed by atoms with Crippen LogP contribution in [0.3, 0.4) is 0 Å². The molecule has 1 atom stereocenters. The Hall–Kier alpha value is -1.07. The summed E-state index contributed by atoms with van der Waals surface area (Å²) >= 11 is 3.44. The minimum atomic E-state index is -0.747. The van der Waals surface area contributed by atoms with Crippen LogP contribution < -0.4 is 10.1 Å². The number of hydrogen-bond acceptors (Lipinski definition) is 3. The summed E-state index contributed by atoms with van der Waals surface area (Å²) in [6, 6.07) is 5.93. The molecule has 5 heteroatoms. The molecule has 1 aromatic carbocycles. The molecule has 0 saturated carbocycles. The summed E-state index contributed by atoms with van der Waals surface area (Å²) < 4.78 is 6.33. The monoisotopic (exact) mass is 329 g/mol. The fourth-order valence-electron chi connectivity index (χ4n) is 1.88. The number of carboxylic acids is 1. The van der Waals surface area contributed by atoms with E-state index in [0.717, 1.165) is 28.8 Å². The molecule has 0 spiro atoms. The first kappa shape index (κ1) is 16.0. The van der Waals surface area contributed by atoms with Crippen molar-refractivity contribution in [1.29, 1.82) is 0 Å². The lowest BCUT2D eigenvalue weighted by atomic mass is 10.1. The van der Waals surface area contributed by atoms with Crippen molar-refractivity contribution < 1.29 is 14.6 Å². The van der Waals surface area contributed by atoms with Gasteiger partial charge in [-0.25, -0.2) is 0 Å². The normalized spacial score (nSPS) is 12.2. The third-order valence-corrected chi connectivity index (χ3v) is 3.32. The van der Waals surface area contributed by atoms with Crippen molar-refractivity contribution in [2.24, 2.45) is 5.92 Å². The Bertz CT molecular complexity index is 423. The highest BCUT2D eigenvalue weighted by molar-refractivity contribution is 9.10. The Labute approximate surface area is 122 Å². The third kappa shape index (κ3) is 6.07. The zero-order valence-corrected chi connectivity index (χ0v) is 12.9. The van der Waals surface area contributed by atoms with Crippen LogP contribution in [0, 0.1) is 5.92 Å². The Morgan fingerprint density at radius 1 is 1.53 bits per heavy atom. The number of ether oxygens (including phenoxy) is 1. The molecule has 1 unspecified atom stereocenters. The maximum absolute atomic E-state index is 10.5. The van der Waals surface area contributed by atoms with Crippen molar-refractivity contribution in [2.45, 2.75) is 19.8 Å². The fraction of sp³-hybridized carbons (Fsp3) is 0.500. The van der Waals surface area contributed by atoms with Crippen LogP contribution in [0.1, 0.15) is 18.9 Å². The van der Waals surface area contributed by atoms with E-state index in [2.05, 4.69) is 21.2 Å². The van der Waals surface area contributed by atoms with Crippen molar-refractivity contribution in [1.82, 2.24) is 5.32 Å². The summed E-state index contributed by atoms with van der Waals surface area (Å²) in [5, 5.41) is 11.9. The molecule has 0 aliphatic heterocycles. The van der Waals surface area contributed by atoms with Crippen LogP contribution in [0.25, 0.3) is 0 Å². The fourth-order valence-corrected chi connectivity index (χ4v) is 2.29. The first-order valence-electron chi connectivity index (χ1n) is 6.28. The van der Waals surface area contributed by atoms with Gasteiger partial charge in [0.25, 0.3) is 0 Å². The van der Waals surface area contributed by atoms with Crippen LogP contribution in [-0.4, -0.2) is 31.3 Å². The van der Waals surface area contributed by atoms with Gasteiger partial charge < -0.3 is 15.2 Å². The van der Waals surface area contributed by atoms with E-state index < -0.39 is 5.97 Å². The molecule has 1 aromatic rings. The molecule has 4 nitrogen and oxygen atoms in total. The molecule has 0 aliphatic carbocycles. The lowest BCUT2D eigenvalue weighted by Crippen LogP contribution is -2.25. The van der Waals surface area contributed by atoms with Crippen molar-refractivity contribution in [2.75, 3.05) is 20.2 Å². The number of methoxy groups -OCH3 is 1. The minimum Gasteiger partial charge on any atom is -0.496 e. The summed E-state index contributed by atoms with van der Waals surface area (Å²) in [6.07, 6.45) is 1.05. The second kappa shape index (κ2) is 8.17. The summed E-state index contributed by atoms with van der Waals surface area (Å²) in [5.74, 6) is 0.272. The lowest BCUT2D eigenvalue weighted by Gasteiger charge is -2.12. The number of nitrogens with one attached hydrogen (secondary N) is 1. The number of benzene rings is 1. The minimum absolute atomic E-state index is 0.141. The molecular weight excluding hydrogens is 310 g/mol. The van der Waals surface area contributed by atoms with Crippen molar-refractivity contribution >= 4 is 21.9 Å². The van der Waals surface area contributed by atoms with E-state index >= 15 is 0 Å². The molecule has 0 heterocycles.